The lowest BCUT2D eigenvalue weighted by molar-refractivity contribution is -0.141. The van der Waals surface area contributed by atoms with E-state index in [0.717, 1.165) is 24.7 Å². The maximum absolute atomic E-state index is 13.5. The minimum absolute atomic E-state index is 0.0238. The number of ether oxygens (including phenoxy) is 1. The van der Waals surface area contributed by atoms with Crippen LogP contribution in [0, 0.1) is 0 Å². The van der Waals surface area contributed by atoms with Crippen molar-refractivity contribution in [2.24, 2.45) is 0 Å². The SMILES string of the molecule is CCCCNC(=O)[C@@H](CC)N(Cc1ccc(Cl)c(Cl)c1)C(=O)CCCN(c1ccc(OC)c(Cl)c1)S(C)(=O)=O. The van der Waals surface area contributed by atoms with E-state index < -0.39 is 16.1 Å². The Labute approximate surface area is 246 Å². The molecule has 0 aliphatic heterocycles. The van der Waals surface area contributed by atoms with E-state index in [1.165, 1.54) is 22.4 Å². The average molecular weight is 621 g/mol. The average Bonchev–Trinajstić information content (AvgIpc) is 2.87. The fraction of sp³-hybridized carbons (Fsp3) is 0.481. The van der Waals surface area contributed by atoms with E-state index >= 15 is 0 Å². The molecule has 2 rings (SSSR count). The molecule has 216 valence electrons. The third kappa shape index (κ3) is 9.74. The van der Waals surface area contributed by atoms with Gasteiger partial charge in [-0.3, -0.25) is 13.9 Å². The van der Waals surface area contributed by atoms with Crippen LogP contribution in [0.3, 0.4) is 0 Å². The molecule has 0 heterocycles. The highest BCUT2D eigenvalue weighted by Gasteiger charge is 2.29. The highest BCUT2D eigenvalue weighted by Crippen LogP contribution is 2.30. The van der Waals surface area contributed by atoms with Crippen molar-refractivity contribution in [3.8, 4) is 5.75 Å². The highest BCUT2D eigenvalue weighted by atomic mass is 35.5. The number of halogens is 3. The summed E-state index contributed by atoms with van der Waals surface area (Å²) in [5, 5.41) is 3.93. The van der Waals surface area contributed by atoms with Gasteiger partial charge in [0.05, 0.1) is 34.1 Å². The first kappa shape index (κ1) is 33.0. The van der Waals surface area contributed by atoms with Crippen molar-refractivity contribution in [1.29, 1.82) is 0 Å². The van der Waals surface area contributed by atoms with Crippen LogP contribution in [0.2, 0.25) is 15.1 Å². The van der Waals surface area contributed by atoms with Gasteiger partial charge >= 0.3 is 0 Å². The van der Waals surface area contributed by atoms with E-state index in [1.807, 2.05) is 13.8 Å². The summed E-state index contributed by atoms with van der Waals surface area (Å²) in [6.45, 7) is 4.60. The smallest absolute Gasteiger partial charge is 0.242 e. The number of amides is 2. The number of unbranched alkanes of at least 4 members (excludes halogenated alkanes) is 1. The Morgan fingerprint density at radius 2 is 1.72 bits per heavy atom. The van der Waals surface area contributed by atoms with E-state index in [0.29, 0.717) is 34.4 Å². The monoisotopic (exact) mass is 619 g/mol. The molecular formula is C27H36Cl3N3O5S. The molecular weight excluding hydrogens is 585 g/mol. The van der Waals surface area contributed by atoms with E-state index in [-0.39, 0.29) is 42.8 Å². The van der Waals surface area contributed by atoms with Crippen molar-refractivity contribution >= 4 is 62.3 Å². The molecule has 0 saturated carbocycles. The lowest BCUT2D eigenvalue weighted by Crippen LogP contribution is -2.49. The van der Waals surface area contributed by atoms with E-state index in [4.69, 9.17) is 39.5 Å². The third-order valence-corrected chi connectivity index (χ3v) is 8.36. The molecule has 12 heteroatoms. The molecule has 1 N–H and O–H groups in total. The molecule has 2 aromatic rings. The molecule has 0 fully saturated rings. The van der Waals surface area contributed by atoms with Crippen molar-refractivity contribution in [2.75, 3.05) is 30.8 Å². The van der Waals surface area contributed by atoms with Gasteiger partial charge in [-0.25, -0.2) is 8.42 Å². The van der Waals surface area contributed by atoms with Crippen molar-refractivity contribution in [1.82, 2.24) is 10.2 Å². The topological polar surface area (TPSA) is 96.0 Å². The molecule has 8 nitrogen and oxygen atoms in total. The van der Waals surface area contributed by atoms with Crippen LogP contribution in [0.25, 0.3) is 0 Å². The number of hydrogen-bond donors (Lipinski definition) is 1. The van der Waals surface area contributed by atoms with Gasteiger partial charge in [0.1, 0.15) is 11.8 Å². The van der Waals surface area contributed by atoms with Crippen molar-refractivity contribution in [2.45, 2.75) is 58.5 Å². The number of sulfonamides is 1. The molecule has 2 amide bonds. The molecule has 0 radical (unpaired) electrons. The number of hydrogen-bond acceptors (Lipinski definition) is 5. The molecule has 0 aliphatic carbocycles. The van der Waals surface area contributed by atoms with Crippen LogP contribution < -0.4 is 14.4 Å². The minimum Gasteiger partial charge on any atom is -0.495 e. The van der Waals surface area contributed by atoms with Crippen molar-refractivity contribution in [3.05, 3.63) is 57.0 Å². The number of nitrogens with one attached hydrogen (secondary N) is 1. The lowest BCUT2D eigenvalue weighted by Gasteiger charge is -2.31. The predicted molar refractivity (Wildman–Crippen MR) is 158 cm³/mol. The van der Waals surface area contributed by atoms with E-state index in [9.17, 15) is 18.0 Å². The molecule has 0 bridgehead atoms. The number of benzene rings is 2. The predicted octanol–water partition coefficient (Wildman–Crippen LogP) is 5.93. The molecule has 0 aliphatic rings. The Balaban J connectivity index is 2.24. The van der Waals surface area contributed by atoms with Crippen LogP contribution in [0.4, 0.5) is 5.69 Å². The summed E-state index contributed by atoms with van der Waals surface area (Å²) in [5.74, 6) is -0.0883. The van der Waals surface area contributed by atoms with Crippen LogP contribution in [-0.2, 0) is 26.2 Å². The van der Waals surface area contributed by atoms with Crippen LogP contribution >= 0.6 is 34.8 Å². The quantitative estimate of drug-likeness (QED) is 0.249. The number of carbonyl (C=O) groups excluding carboxylic acids is 2. The third-order valence-electron chi connectivity index (χ3n) is 6.13. The summed E-state index contributed by atoms with van der Waals surface area (Å²) in [5.41, 5.74) is 1.09. The number of carbonyl (C=O) groups is 2. The van der Waals surface area contributed by atoms with E-state index in [2.05, 4.69) is 5.32 Å². The van der Waals surface area contributed by atoms with Crippen molar-refractivity contribution < 1.29 is 22.7 Å². The van der Waals surface area contributed by atoms with E-state index in [1.54, 1.807) is 30.3 Å². The zero-order chi connectivity index (χ0) is 29.2. The van der Waals surface area contributed by atoms with Crippen LogP contribution in [0.1, 0.15) is 51.5 Å². The second kappa shape index (κ2) is 15.6. The van der Waals surface area contributed by atoms with Gasteiger partial charge in [0.2, 0.25) is 21.8 Å². The molecule has 1 atom stereocenters. The Bertz CT molecular complexity index is 1240. The normalized spacial score (nSPS) is 12.1. The fourth-order valence-corrected chi connectivity index (χ4v) is 5.60. The van der Waals surface area contributed by atoms with Gasteiger partial charge in [-0.05, 0) is 55.2 Å². The number of nitrogens with zero attached hydrogens (tertiary/aromatic N) is 2. The Hall–Kier alpha value is -2.20. The van der Waals surface area contributed by atoms with Gasteiger partial charge in [0.15, 0.2) is 0 Å². The second-order valence-electron chi connectivity index (χ2n) is 9.10. The summed E-state index contributed by atoms with van der Waals surface area (Å²) in [7, 11) is -2.19. The summed E-state index contributed by atoms with van der Waals surface area (Å²) < 4.78 is 31.5. The van der Waals surface area contributed by atoms with Gasteiger partial charge in [-0.1, -0.05) is 61.1 Å². The first-order chi connectivity index (χ1) is 18.4. The Morgan fingerprint density at radius 1 is 1.00 bits per heavy atom. The fourth-order valence-electron chi connectivity index (χ4n) is 4.07. The largest absolute Gasteiger partial charge is 0.495 e. The maximum Gasteiger partial charge on any atom is 0.242 e. The molecule has 0 spiro atoms. The molecule has 2 aromatic carbocycles. The summed E-state index contributed by atoms with van der Waals surface area (Å²) >= 11 is 18.5. The van der Waals surface area contributed by atoms with Gasteiger partial charge < -0.3 is 15.0 Å². The first-order valence-corrected chi connectivity index (χ1v) is 15.7. The zero-order valence-electron chi connectivity index (χ0n) is 22.7. The second-order valence-corrected chi connectivity index (χ2v) is 12.2. The summed E-state index contributed by atoms with van der Waals surface area (Å²) in [6, 6.07) is 9.07. The van der Waals surface area contributed by atoms with Gasteiger partial charge in [0.25, 0.3) is 0 Å². The summed E-state index contributed by atoms with van der Waals surface area (Å²) in [4.78, 5) is 28.1. The van der Waals surface area contributed by atoms with Crippen molar-refractivity contribution in [3.63, 3.8) is 0 Å². The van der Waals surface area contributed by atoms with Crippen LogP contribution in [-0.4, -0.2) is 57.6 Å². The minimum atomic E-state index is -3.66. The zero-order valence-corrected chi connectivity index (χ0v) is 25.8. The Kier molecular flexibility index (Phi) is 13.2. The van der Waals surface area contributed by atoms with Gasteiger partial charge in [0, 0.05) is 26.1 Å². The highest BCUT2D eigenvalue weighted by molar-refractivity contribution is 7.92. The van der Waals surface area contributed by atoms with Gasteiger partial charge in [-0.15, -0.1) is 0 Å². The molecule has 0 unspecified atom stereocenters. The van der Waals surface area contributed by atoms with Crippen LogP contribution in [0.5, 0.6) is 5.75 Å². The molecule has 0 saturated heterocycles. The lowest BCUT2D eigenvalue weighted by atomic mass is 10.1. The maximum atomic E-state index is 13.5. The van der Waals surface area contributed by atoms with Gasteiger partial charge in [-0.2, -0.15) is 0 Å². The number of anilines is 1. The summed E-state index contributed by atoms with van der Waals surface area (Å²) in [6.07, 6.45) is 3.51. The number of rotatable bonds is 15. The molecule has 39 heavy (non-hydrogen) atoms. The first-order valence-electron chi connectivity index (χ1n) is 12.7. The standard InChI is InChI=1S/C27H36Cl3N3O5S/c1-5-7-14-31-27(35)24(6-2)32(18-19-10-12-21(28)22(29)16-19)26(34)9-8-15-33(39(4,36)37)20-11-13-25(38-3)23(30)17-20/h10-13,16-17,24H,5-9,14-15,18H2,1-4H3,(H,31,35)/t24-/m1/s1. The number of methoxy groups -OCH3 is 1. The van der Waals surface area contributed by atoms with Crippen LogP contribution in [0.15, 0.2) is 36.4 Å². The molecule has 0 aromatic heterocycles. The Morgan fingerprint density at radius 3 is 2.28 bits per heavy atom.